The molecule has 0 N–H and O–H groups in total. The van der Waals surface area contributed by atoms with E-state index in [-0.39, 0.29) is 11.8 Å². The van der Waals surface area contributed by atoms with Crippen LogP contribution in [0, 0.1) is 0 Å². The van der Waals surface area contributed by atoms with Gasteiger partial charge in [-0.05, 0) is 18.9 Å². The second-order valence-electron chi connectivity index (χ2n) is 5.25. The lowest BCUT2D eigenvalue weighted by atomic mass is 9.96. The van der Waals surface area contributed by atoms with Crippen molar-refractivity contribution >= 4 is 17.5 Å². The zero-order chi connectivity index (χ0) is 14.8. The summed E-state index contributed by atoms with van der Waals surface area (Å²) in [7, 11) is 1.92. The quantitative estimate of drug-likeness (QED) is 0.850. The number of carbonyl (C=O) groups excluding carboxylic acids is 1. The molecule has 1 amide bonds. The molecule has 3 rings (SSSR count). The fourth-order valence-electron chi connectivity index (χ4n) is 2.74. The number of halogens is 1. The van der Waals surface area contributed by atoms with Crippen molar-refractivity contribution in [1.82, 2.24) is 24.6 Å². The van der Waals surface area contributed by atoms with E-state index in [1.807, 2.05) is 16.5 Å². The van der Waals surface area contributed by atoms with Gasteiger partial charge >= 0.3 is 0 Å². The van der Waals surface area contributed by atoms with Crippen molar-refractivity contribution in [3.63, 3.8) is 0 Å². The Bertz CT molecular complexity index is 656. The van der Waals surface area contributed by atoms with Crippen LogP contribution in [-0.4, -0.2) is 43.6 Å². The molecule has 1 aliphatic rings. The van der Waals surface area contributed by atoms with E-state index in [1.165, 1.54) is 6.20 Å². The molecule has 0 saturated carbocycles. The van der Waals surface area contributed by atoms with Crippen LogP contribution < -0.4 is 0 Å². The average Bonchev–Trinajstić information content (AvgIpc) is 2.93. The van der Waals surface area contributed by atoms with Gasteiger partial charge in [0.1, 0.15) is 12.2 Å². The zero-order valence-electron chi connectivity index (χ0n) is 11.7. The minimum atomic E-state index is -0.0695. The van der Waals surface area contributed by atoms with Crippen molar-refractivity contribution < 1.29 is 4.79 Å². The van der Waals surface area contributed by atoms with Gasteiger partial charge in [-0.25, -0.2) is 0 Å². The Hall–Kier alpha value is -1.95. The normalized spacial score (nSPS) is 18.8. The number of aryl methyl sites for hydroxylation is 1. The third kappa shape index (κ3) is 2.76. The van der Waals surface area contributed by atoms with Crippen molar-refractivity contribution in [3.05, 3.63) is 41.2 Å². The number of hydrogen-bond acceptors (Lipinski definition) is 4. The summed E-state index contributed by atoms with van der Waals surface area (Å²) >= 11 is 6.09. The highest BCUT2D eigenvalue weighted by Gasteiger charge is 2.28. The Balaban J connectivity index is 1.79. The average molecular weight is 306 g/mol. The summed E-state index contributed by atoms with van der Waals surface area (Å²) in [5.74, 6) is 1.07. The molecule has 1 atom stereocenters. The zero-order valence-corrected chi connectivity index (χ0v) is 12.5. The summed E-state index contributed by atoms with van der Waals surface area (Å²) in [6.07, 6.45) is 6.75. The molecule has 0 aliphatic carbocycles. The molecule has 7 heteroatoms. The molecule has 0 bridgehead atoms. The summed E-state index contributed by atoms with van der Waals surface area (Å²) in [5, 5.41) is 8.52. The van der Waals surface area contributed by atoms with Crippen molar-refractivity contribution in [1.29, 1.82) is 0 Å². The van der Waals surface area contributed by atoms with Gasteiger partial charge in [-0.2, -0.15) is 0 Å². The van der Waals surface area contributed by atoms with E-state index in [1.54, 1.807) is 18.6 Å². The van der Waals surface area contributed by atoms with E-state index in [9.17, 15) is 4.79 Å². The number of nitrogens with zero attached hydrogens (tertiary/aromatic N) is 5. The minimum absolute atomic E-state index is 0.0695. The maximum absolute atomic E-state index is 12.6. The molecule has 1 saturated heterocycles. The van der Waals surface area contributed by atoms with Crippen LogP contribution in [0.2, 0.25) is 5.02 Å². The first-order chi connectivity index (χ1) is 10.2. The minimum Gasteiger partial charge on any atom is -0.338 e. The number of amides is 1. The van der Waals surface area contributed by atoms with Crippen molar-refractivity contribution in [3.8, 4) is 0 Å². The fourth-order valence-corrected chi connectivity index (χ4v) is 2.93. The second kappa shape index (κ2) is 5.81. The van der Waals surface area contributed by atoms with Crippen LogP contribution in [0.1, 0.15) is 34.9 Å². The van der Waals surface area contributed by atoms with E-state index >= 15 is 0 Å². The lowest BCUT2D eigenvalue weighted by Crippen LogP contribution is -2.39. The van der Waals surface area contributed by atoms with Gasteiger partial charge in [-0.1, -0.05) is 11.6 Å². The van der Waals surface area contributed by atoms with E-state index in [0.29, 0.717) is 17.1 Å². The molecule has 0 aromatic carbocycles. The van der Waals surface area contributed by atoms with Crippen LogP contribution in [0.15, 0.2) is 24.8 Å². The Morgan fingerprint density at radius 3 is 3.05 bits per heavy atom. The number of hydrogen-bond donors (Lipinski definition) is 0. The number of pyridine rings is 1. The topological polar surface area (TPSA) is 63.9 Å². The molecular weight excluding hydrogens is 290 g/mol. The maximum atomic E-state index is 12.6. The fraction of sp³-hybridized carbons (Fsp3) is 0.429. The highest BCUT2D eigenvalue weighted by atomic mass is 35.5. The van der Waals surface area contributed by atoms with Crippen LogP contribution in [0.4, 0.5) is 0 Å². The number of piperidine rings is 1. The number of aromatic nitrogens is 4. The lowest BCUT2D eigenvalue weighted by molar-refractivity contribution is 0.0703. The molecule has 110 valence electrons. The SMILES string of the molecule is Cn1cnnc1C1CCCN(C(=O)c2cnccc2Cl)C1. The van der Waals surface area contributed by atoms with Crippen LogP contribution in [0.5, 0.6) is 0 Å². The van der Waals surface area contributed by atoms with Gasteiger partial charge in [0.15, 0.2) is 0 Å². The van der Waals surface area contributed by atoms with E-state index in [0.717, 1.165) is 25.2 Å². The molecule has 21 heavy (non-hydrogen) atoms. The standard InChI is InChI=1S/C14H16ClN5O/c1-19-9-17-18-13(19)10-3-2-6-20(8-10)14(21)11-7-16-5-4-12(11)15/h4-5,7,9-10H,2-3,6,8H2,1H3. The van der Waals surface area contributed by atoms with Gasteiger partial charge in [-0.15, -0.1) is 10.2 Å². The predicted octanol–water partition coefficient (Wildman–Crippen LogP) is 1.88. The molecule has 0 radical (unpaired) electrons. The van der Waals surface area contributed by atoms with Crippen LogP contribution in [0.25, 0.3) is 0 Å². The predicted molar refractivity (Wildman–Crippen MR) is 78.1 cm³/mol. The van der Waals surface area contributed by atoms with E-state index < -0.39 is 0 Å². The van der Waals surface area contributed by atoms with Crippen molar-refractivity contribution in [2.75, 3.05) is 13.1 Å². The summed E-state index contributed by atoms with van der Waals surface area (Å²) in [5.41, 5.74) is 0.456. The second-order valence-corrected chi connectivity index (χ2v) is 5.65. The summed E-state index contributed by atoms with van der Waals surface area (Å²) in [6.45, 7) is 1.37. The van der Waals surface area contributed by atoms with Gasteiger partial charge in [0.25, 0.3) is 5.91 Å². The molecule has 1 fully saturated rings. The number of carbonyl (C=O) groups is 1. The monoisotopic (exact) mass is 305 g/mol. The van der Waals surface area contributed by atoms with Crippen LogP contribution >= 0.6 is 11.6 Å². The first-order valence-electron chi connectivity index (χ1n) is 6.89. The molecule has 2 aromatic rings. The summed E-state index contributed by atoms with van der Waals surface area (Å²) < 4.78 is 1.91. The van der Waals surface area contributed by atoms with E-state index in [4.69, 9.17) is 11.6 Å². The smallest absolute Gasteiger partial charge is 0.256 e. The summed E-state index contributed by atoms with van der Waals surface area (Å²) in [6, 6.07) is 1.64. The molecule has 1 unspecified atom stereocenters. The number of rotatable bonds is 2. The number of likely N-dealkylation sites (tertiary alicyclic amines) is 1. The highest BCUT2D eigenvalue weighted by molar-refractivity contribution is 6.33. The Morgan fingerprint density at radius 1 is 1.48 bits per heavy atom. The van der Waals surface area contributed by atoms with Crippen LogP contribution in [-0.2, 0) is 7.05 Å². The first kappa shape index (κ1) is 14.0. The lowest BCUT2D eigenvalue weighted by Gasteiger charge is -2.32. The highest BCUT2D eigenvalue weighted by Crippen LogP contribution is 2.27. The van der Waals surface area contributed by atoms with Crippen molar-refractivity contribution in [2.24, 2.45) is 7.05 Å². The Labute approximate surface area is 127 Å². The first-order valence-corrected chi connectivity index (χ1v) is 7.27. The molecule has 1 aliphatic heterocycles. The van der Waals surface area contributed by atoms with Crippen LogP contribution in [0.3, 0.4) is 0 Å². The van der Waals surface area contributed by atoms with Gasteiger partial charge < -0.3 is 9.47 Å². The Morgan fingerprint density at radius 2 is 2.33 bits per heavy atom. The third-order valence-corrected chi connectivity index (χ3v) is 4.15. The Kier molecular flexibility index (Phi) is 3.88. The molecular formula is C14H16ClN5O. The van der Waals surface area contributed by atoms with Gasteiger partial charge in [0.05, 0.1) is 10.6 Å². The van der Waals surface area contributed by atoms with Crippen molar-refractivity contribution in [2.45, 2.75) is 18.8 Å². The van der Waals surface area contributed by atoms with Gasteiger partial charge in [-0.3, -0.25) is 9.78 Å². The molecule has 6 nitrogen and oxygen atoms in total. The third-order valence-electron chi connectivity index (χ3n) is 3.82. The molecule has 3 heterocycles. The largest absolute Gasteiger partial charge is 0.338 e. The summed E-state index contributed by atoms with van der Waals surface area (Å²) in [4.78, 5) is 18.4. The van der Waals surface area contributed by atoms with E-state index in [2.05, 4.69) is 15.2 Å². The maximum Gasteiger partial charge on any atom is 0.256 e. The molecule has 0 spiro atoms. The van der Waals surface area contributed by atoms with Gasteiger partial charge in [0.2, 0.25) is 0 Å². The molecule has 2 aromatic heterocycles. The van der Waals surface area contributed by atoms with Gasteiger partial charge in [0, 0.05) is 38.4 Å².